The van der Waals surface area contributed by atoms with Crippen molar-refractivity contribution >= 4 is 5.69 Å². The first-order valence-corrected chi connectivity index (χ1v) is 9.79. The van der Waals surface area contributed by atoms with Gasteiger partial charge in [0, 0.05) is 22.7 Å². The van der Waals surface area contributed by atoms with E-state index in [-0.39, 0.29) is 22.7 Å². The van der Waals surface area contributed by atoms with Crippen molar-refractivity contribution in [1.29, 1.82) is 0 Å². The molecule has 2 heterocycles. The van der Waals surface area contributed by atoms with Gasteiger partial charge in [-0.2, -0.15) is 10.1 Å². The molecular weight excluding hydrogens is 355 g/mol. The highest BCUT2D eigenvalue weighted by Gasteiger charge is 2.55. The number of fused-ring (bicyclic) bond motifs is 7. The van der Waals surface area contributed by atoms with Crippen molar-refractivity contribution in [2.75, 3.05) is 5.32 Å². The number of halogens is 1. The third kappa shape index (κ3) is 2.08. The van der Waals surface area contributed by atoms with Gasteiger partial charge in [0.2, 0.25) is 0 Å². The lowest BCUT2D eigenvalue weighted by atomic mass is 9.86. The van der Waals surface area contributed by atoms with Crippen LogP contribution in [0.15, 0.2) is 53.3 Å². The van der Waals surface area contributed by atoms with Crippen LogP contribution in [0.1, 0.15) is 25.7 Å². The molecule has 1 spiro atoms. The predicted octanol–water partition coefficient (Wildman–Crippen LogP) is 4.01. The van der Waals surface area contributed by atoms with E-state index in [1.165, 1.54) is 25.0 Å². The Morgan fingerprint density at radius 3 is 2.68 bits per heavy atom. The molecule has 0 amide bonds. The van der Waals surface area contributed by atoms with E-state index in [0.29, 0.717) is 23.2 Å². The molecule has 1 aliphatic heterocycles. The van der Waals surface area contributed by atoms with E-state index < -0.39 is 0 Å². The second kappa shape index (κ2) is 5.50. The molecule has 2 bridgehead atoms. The van der Waals surface area contributed by atoms with Gasteiger partial charge in [-0.15, -0.1) is 0 Å². The van der Waals surface area contributed by atoms with E-state index in [2.05, 4.69) is 10.3 Å². The van der Waals surface area contributed by atoms with Crippen molar-refractivity contribution in [3.05, 3.63) is 64.7 Å². The third-order valence-corrected chi connectivity index (χ3v) is 6.64. The molecule has 3 unspecified atom stereocenters. The highest BCUT2D eigenvalue weighted by atomic mass is 19.1. The molecule has 140 valence electrons. The van der Waals surface area contributed by atoms with E-state index in [4.69, 9.17) is 5.10 Å². The number of nitrogens with zero attached hydrogens (tertiary/aromatic N) is 3. The second-order valence-electron chi connectivity index (χ2n) is 8.18. The van der Waals surface area contributed by atoms with Crippen molar-refractivity contribution < 1.29 is 4.39 Å². The molecule has 3 aromatic rings. The Morgan fingerprint density at radius 1 is 1.11 bits per heavy atom. The van der Waals surface area contributed by atoms with Gasteiger partial charge in [0.05, 0.1) is 0 Å². The normalized spacial score (nSPS) is 26.8. The van der Waals surface area contributed by atoms with Crippen LogP contribution in [0.2, 0.25) is 0 Å². The summed E-state index contributed by atoms with van der Waals surface area (Å²) in [5.74, 6) is 1.42. The summed E-state index contributed by atoms with van der Waals surface area (Å²) in [5.41, 5.74) is 2.04. The number of hydrogen-bond donors (Lipinski definition) is 1. The van der Waals surface area contributed by atoms with Gasteiger partial charge in [0.25, 0.3) is 5.56 Å². The molecule has 0 saturated heterocycles. The first-order valence-electron chi connectivity index (χ1n) is 9.79. The highest BCUT2D eigenvalue weighted by Crippen LogP contribution is 2.57. The van der Waals surface area contributed by atoms with Gasteiger partial charge < -0.3 is 5.32 Å². The van der Waals surface area contributed by atoms with Gasteiger partial charge in [0.15, 0.2) is 11.5 Å². The number of hydrogen-bond acceptors (Lipinski definition) is 4. The zero-order chi connectivity index (χ0) is 18.9. The van der Waals surface area contributed by atoms with Crippen LogP contribution in [0.25, 0.3) is 22.6 Å². The number of nitrogens with one attached hydrogen (secondary N) is 1. The number of benzene rings is 2. The average Bonchev–Trinajstić information content (AvgIpc) is 3.30. The Hall–Kier alpha value is -3.02. The molecular formula is C22H19FN4O. The van der Waals surface area contributed by atoms with Gasteiger partial charge in [-0.3, -0.25) is 4.79 Å². The summed E-state index contributed by atoms with van der Waals surface area (Å²) in [7, 11) is 0. The largest absolute Gasteiger partial charge is 0.360 e. The first kappa shape index (κ1) is 16.0. The Morgan fingerprint density at radius 2 is 1.93 bits per heavy atom. The van der Waals surface area contributed by atoms with Gasteiger partial charge >= 0.3 is 0 Å². The first-order chi connectivity index (χ1) is 13.6. The molecule has 28 heavy (non-hydrogen) atoms. The molecule has 5 nitrogen and oxygen atoms in total. The maximum absolute atomic E-state index is 13.4. The zero-order valence-electron chi connectivity index (χ0n) is 15.2. The van der Waals surface area contributed by atoms with Crippen molar-refractivity contribution in [1.82, 2.24) is 14.8 Å². The molecule has 6 heteroatoms. The molecule has 1 aromatic heterocycles. The summed E-state index contributed by atoms with van der Waals surface area (Å²) in [6.07, 6.45) is 4.57. The minimum atomic E-state index is -0.382. The summed E-state index contributed by atoms with van der Waals surface area (Å²) in [4.78, 5) is 17.3. The molecule has 2 fully saturated rings. The molecule has 3 atom stereocenters. The van der Waals surface area contributed by atoms with Crippen LogP contribution in [-0.4, -0.2) is 14.8 Å². The van der Waals surface area contributed by atoms with Crippen molar-refractivity contribution in [3.8, 4) is 22.6 Å². The number of para-hydroxylation sites is 1. The van der Waals surface area contributed by atoms with Gasteiger partial charge in [-0.25, -0.2) is 9.07 Å². The maximum Gasteiger partial charge on any atom is 0.300 e. The smallest absolute Gasteiger partial charge is 0.300 e. The lowest BCUT2D eigenvalue weighted by Gasteiger charge is -2.44. The lowest BCUT2D eigenvalue weighted by Crippen LogP contribution is -2.51. The van der Waals surface area contributed by atoms with Crippen LogP contribution in [0.5, 0.6) is 0 Å². The SMILES string of the molecule is O=c1nc2n(nc1-c1ccc(F)cc1)C1(CC3CCC1C3)Nc1ccccc1-2. The quantitative estimate of drug-likeness (QED) is 0.699. The van der Waals surface area contributed by atoms with Crippen LogP contribution in [-0.2, 0) is 5.66 Å². The van der Waals surface area contributed by atoms with E-state index in [1.807, 2.05) is 28.9 Å². The third-order valence-electron chi connectivity index (χ3n) is 6.64. The van der Waals surface area contributed by atoms with E-state index in [9.17, 15) is 9.18 Å². The van der Waals surface area contributed by atoms with E-state index in [0.717, 1.165) is 24.1 Å². The molecule has 2 aliphatic carbocycles. The molecule has 1 N–H and O–H groups in total. The van der Waals surface area contributed by atoms with Crippen molar-refractivity contribution in [2.24, 2.45) is 11.8 Å². The Bertz CT molecular complexity index is 1160. The van der Waals surface area contributed by atoms with E-state index >= 15 is 0 Å². The fourth-order valence-electron chi connectivity index (χ4n) is 5.41. The summed E-state index contributed by atoms with van der Waals surface area (Å²) < 4.78 is 15.3. The summed E-state index contributed by atoms with van der Waals surface area (Å²) >= 11 is 0. The van der Waals surface area contributed by atoms with E-state index in [1.54, 1.807) is 12.1 Å². The number of aromatic nitrogens is 3. The summed E-state index contributed by atoms with van der Waals surface area (Å²) in [6, 6.07) is 13.8. The molecule has 2 saturated carbocycles. The Balaban J connectivity index is 1.62. The van der Waals surface area contributed by atoms with Gasteiger partial charge in [-0.1, -0.05) is 12.1 Å². The van der Waals surface area contributed by atoms with Crippen LogP contribution in [0, 0.1) is 17.7 Å². The number of anilines is 1. The zero-order valence-corrected chi connectivity index (χ0v) is 15.2. The van der Waals surface area contributed by atoms with Crippen LogP contribution in [0.3, 0.4) is 0 Å². The lowest BCUT2D eigenvalue weighted by molar-refractivity contribution is 0.180. The summed E-state index contributed by atoms with van der Waals surface area (Å²) in [5, 5.41) is 8.59. The van der Waals surface area contributed by atoms with Gasteiger partial charge in [0.1, 0.15) is 11.5 Å². The topological polar surface area (TPSA) is 59.8 Å². The van der Waals surface area contributed by atoms with Crippen LogP contribution < -0.4 is 10.9 Å². The van der Waals surface area contributed by atoms with Crippen LogP contribution in [0.4, 0.5) is 10.1 Å². The van der Waals surface area contributed by atoms with Crippen molar-refractivity contribution in [3.63, 3.8) is 0 Å². The standard InChI is InChI=1S/C22H19FN4O/c23-16-9-6-14(7-10-16)19-21(28)24-20-17-3-1-2-4-18(17)25-22(27(20)26-19)12-13-5-8-15(22)11-13/h1-4,6-7,9-10,13,15,25H,5,8,11-12H2. The Labute approximate surface area is 161 Å². The number of rotatable bonds is 1. The highest BCUT2D eigenvalue weighted by molar-refractivity contribution is 5.77. The molecule has 2 aromatic carbocycles. The Kier molecular flexibility index (Phi) is 3.14. The fourth-order valence-corrected chi connectivity index (χ4v) is 5.41. The predicted molar refractivity (Wildman–Crippen MR) is 104 cm³/mol. The maximum atomic E-state index is 13.4. The minimum Gasteiger partial charge on any atom is -0.360 e. The monoisotopic (exact) mass is 374 g/mol. The molecule has 0 radical (unpaired) electrons. The van der Waals surface area contributed by atoms with Crippen LogP contribution >= 0.6 is 0 Å². The van der Waals surface area contributed by atoms with Gasteiger partial charge in [-0.05, 0) is 68.0 Å². The minimum absolute atomic E-state index is 0.270. The van der Waals surface area contributed by atoms with Crippen molar-refractivity contribution in [2.45, 2.75) is 31.3 Å². The summed E-state index contributed by atoms with van der Waals surface area (Å²) in [6.45, 7) is 0. The fraction of sp³-hybridized carbons (Fsp3) is 0.318. The molecule has 3 aliphatic rings. The average molecular weight is 374 g/mol. The molecule has 6 rings (SSSR count). The second-order valence-corrected chi connectivity index (χ2v) is 8.18.